The first-order valence-electron chi connectivity index (χ1n) is 11.5. The van der Waals surface area contributed by atoms with Crippen molar-refractivity contribution in [2.24, 2.45) is 0 Å². The zero-order valence-corrected chi connectivity index (χ0v) is 19.7. The van der Waals surface area contributed by atoms with E-state index in [0.29, 0.717) is 24.2 Å². The number of nitrogens with one attached hydrogen (secondary N) is 4. The van der Waals surface area contributed by atoms with Crippen LogP contribution in [0.25, 0.3) is 0 Å². The molecular weight excluding hydrogens is 460 g/mol. The van der Waals surface area contributed by atoms with Crippen molar-refractivity contribution in [3.05, 3.63) is 95.6 Å². The van der Waals surface area contributed by atoms with Crippen LogP contribution < -0.4 is 21.3 Å². The highest BCUT2D eigenvalue weighted by Crippen LogP contribution is 2.05. The van der Waals surface area contributed by atoms with E-state index in [4.69, 9.17) is 0 Å². The second kappa shape index (κ2) is 14.0. The summed E-state index contributed by atoms with van der Waals surface area (Å²) in [5, 5.41) is 10.9. The average Bonchev–Trinajstić information content (AvgIpc) is 2.92. The summed E-state index contributed by atoms with van der Waals surface area (Å²) in [6, 6.07) is 13.4. The molecule has 0 aliphatic rings. The van der Waals surface area contributed by atoms with Gasteiger partial charge in [-0.1, -0.05) is 0 Å². The molecule has 0 saturated carbocycles. The maximum atomic E-state index is 12.3. The van der Waals surface area contributed by atoms with E-state index in [1.807, 2.05) is 24.3 Å². The Morgan fingerprint density at radius 2 is 0.889 bits per heavy atom. The quantitative estimate of drug-likeness (QED) is 0.303. The molecule has 10 heteroatoms. The van der Waals surface area contributed by atoms with Crippen LogP contribution in [0.2, 0.25) is 0 Å². The van der Waals surface area contributed by atoms with Crippen molar-refractivity contribution in [3.63, 3.8) is 0 Å². The Morgan fingerprint density at radius 1 is 0.528 bits per heavy atom. The predicted molar refractivity (Wildman–Crippen MR) is 133 cm³/mol. The second-order valence-electron chi connectivity index (χ2n) is 7.85. The molecule has 36 heavy (non-hydrogen) atoms. The second-order valence-corrected chi connectivity index (χ2v) is 7.85. The van der Waals surface area contributed by atoms with Crippen LogP contribution in [0.1, 0.15) is 44.7 Å². The molecule has 3 rings (SSSR count). The first kappa shape index (κ1) is 26.0. The summed E-state index contributed by atoms with van der Waals surface area (Å²) in [5.74, 6) is -1.03. The SMILES string of the molecule is O=C(CCNC(=O)c1ccc(C(=O)NCCC(=O)NCc2ccncc2)cc1)NCc1ccncc1. The van der Waals surface area contributed by atoms with E-state index in [0.717, 1.165) is 11.1 Å². The van der Waals surface area contributed by atoms with Gasteiger partial charge in [0.1, 0.15) is 0 Å². The molecule has 0 fully saturated rings. The number of hydrogen-bond donors (Lipinski definition) is 4. The highest BCUT2D eigenvalue weighted by Gasteiger charge is 2.10. The lowest BCUT2D eigenvalue weighted by Crippen LogP contribution is -2.31. The Morgan fingerprint density at radius 3 is 1.25 bits per heavy atom. The van der Waals surface area contributed by atoms with Gasteiger partial charge in [0, 0.05) is 74.9 Å². The molecule has 186 valence electrons. The molecule has 4 amide bonds. The van der Waals surface area contributed by atoms with E-state index in [1.165, 1.54) is 24.3 Å². The van der Waals surface area contributed by atoms with Crippen molar-refractivity contribution in [3.8, 4) is 0 Å². The van der Waals surface area contributed by atoms with Crippen LogP contribution >= 0.6 is 0 Å². The van der Waals surface area contributed by atoms with Crippen LogP contribution in [0.5, 0.6) is 0 Å². The Labute approximate surface area is 208 Å². The van der Waals surface area contributed by atoms with Gasteiger partial charge in [-0.05, 0) is 59.7 Å². The zero-order chi connectivity index (χ0) is 25.6. The van der Waals surface area contributed by atoms with Crippen molar-refractivity contribution < 1.29 is 19.2 Å². The molecular formula is C26H28N6O4. The molecule has 0 radical (unpaired) electrons. The number of nitrogens with zero attached hydrogens (tertiary/aromatic N) is 2. The van der Waals surface area contributed by atoms with Gasteiger partial charge in [0.05, 0.1) is 0 Å². The van der Waals surface area contributed by atoms with Crippen molar-refractivity contribution in [1.82, 2.24) is 31.2 Å². The van der Waals surface area contributed by atoms with Gasteiger partial charge < -0.3 is 21.3 Å². The minimum Gasteiger partial charge on any atom is -0.352 e. The number of aromatic nitrogens is 2. The number of carbonyl (C=O) groups excluding carboxylic acids is 4. The summed E-state index contributed by atoms with van der Waals surface area (Å²) in [6.45, 7) is 1.17. The van der Waals surface area contributed by atoms with Crippen LogP contribution in [0.4, 0.5) is 0 Å². The van der Waals surface area contributed by atoms with E-state index in [2.05, 4.69) is 31.2 Å². The topological polar surface area (TPSA) is 142 Å². The molecule has 0 spiro atoms. The minimum atomic E-state index is -0.338. The third kappa shape index (κ3) is 8.98. The minimum absolute atomic E-state index is 0.146. The first-order valence-corrected chi connectivity index (χ1v) is 11.5. The van der Waals surface area contributed by atoms with Gasteiger partial charge in [0.25, 0.3) is 11.8 Å². The maximum absolute atomic E-state index is 12.3. The number of rotatable bonds is 12. The zero-order valence-electron chi connectivity index (χ0n) is 19.7. The Hall–Kier alpha value is -4.60. The Balaban J connectivity index is 1.32. The van der Waals surface area contributed by atoms with Gasteiger partial charge in [-0.2, -0.15) is 0 Å². The first-order chi connectivity index (χ1) is 17.5. The molecule has 3 aromatic rings. The lowest BCUT2D eigenvalue weighted by atomic mass is 10.1. The standard InChI is InChI=1S/C26H28N6O4/c33-23(31-17-19-5-11-27-12-6-19)9-15-29-25(35)21-1-2-22(4-3-21)26(36)30-16-10-24(34)32-18-20-7-13-28-14-8-20/h1-8,11-14H,9-10,15-18H2,(H,29,35)(H,30,36)(H,31,33)(H,32,34). The third-order valence-corrected chi connectivity index (χ3v) is 5.16. The van der Waals surface area contributed by atoms with Crippen molar-refractivity contribution in [2.75, 3.05) is 13.1 Å². The van der Waals surface area contributed by atoms with Crippen molar-refractivity contribution in [1.29, 1.82) is 0 Å². The van der Waals surface area contributed by atoms with E-state index >= 15 is 0 Å². The van der Waals surface area contributed by atoms with E-state index in [-0.39, 0.29) is 49.6 Å². The highest BCUT2D eigenvalue weighted by molar-refractivity contribution is 5.98. The maximum Gasteiger partial charge on any atom is 0.251 e. The van der Waals surface area contributed by atoms with E-state index < -0.39 is 0 Å². The number of amides is 4. The predicted octanol–water partition coefficient (Wildman–Crippen LogP) is 1.35. The average molecular weight is 489 g/mol. The van der Waals surface area contributed by atoms with Gasteiger partial charge in [0.2, 0.25) is 11.8 Å². The van der Waals surface area contributed by atoms with Gasteiger partial charge in [0.15, 0.2) is 0 Å². The number of pyridine rings is 2. The number of carbonyl (C=O) groups is 4. The van der Waals surface area contributed by atoms with Crippen molar-refractivity contribution in [2.45, 2.75) is 25.9 Å². The molecule has 0 atom stereocenters. The van der Waals surface area contributed by atoms with E-state index in [9.17, 15) is 19.2 Å². The summed E-state index contributed by atoms with van der Waals surface area (Å²) < 4.78 is 0. The molecule has 2 heterocycles. The molecule has 0 aliphatic carbocycles. The summed E-state index contributed by atoms with van der Waals surface area (Å²) >= 11 is 0. The molecule has 10 nitrogen and oxygen atoms in total. The monoisotopic (exact) mass is 488 g/mol. The molecule has 1 aromatic carbocycles. The summed E-state index contributed by atoms with van der Waals surface area (Å²) in [6.07, 6.45) is 6.91. The highest BCUT2D eigenvalue weighted by atomic mass is 16.2. The smallest absolute Gasteiger partial charge is 0.251 e. The molecule has 0 aliphatic heterocycles. The van der Waals surface area contributed by atoms with E-state index in [1.54, 1.807) is 24.8 Å². The molecule has 0 saturated heterocycles. The normalized spacial score (nSPS) is 10.2. The fourth-order valence-corrected chi connectivity index (χ4v) is 3.14. The molecule has 0 unspecified atom stereocenters. The van der Waals surface area contributed by atoms with Gasteiger partial charge in [-0.15, -0.1) is 0 Å². The van der Waals surface area contributed by atoms with Crippen LogP contribution in [-0.4, -0.2) is 46.7 Å². The van der Waals surface area contributed by atoms with Gasteiger partial charge in [-0.3, -0.25) is 29.1 Å². The summed E-state index contributed by atoms with van der Waals surface area (Å²) in [4.78, 5) is 56.3. The summed E-state index contributed by atoms with van der Waals surface area (Å²) in [5.41, 5.74) is 2.63. The van der Waals surface area contributed by atoms with Crippen LogP contribution in [-0.2, 0) is 22.7 Å². The lowest BCUT2D eigenvalue weighted by Gasteiger charge is -2.08. The fraction of sp³-hybridized carbons (Fsp3) is 0.231. The molecule has 0 bridgehead atoms. The number of hydrogen-bond acceptors (Lipinski definition) is 6. The molecule has 4 N–H and O–H groups in total. The lowest BCUT2D eigenvalue weighted by molar-refractivity contribution is -0.121. The van der Waals surface area contributed by atoms with Gasteiger partial charge in [-0.25, -0.2) is 0 Å². The Kier molecular flexibility index (Phi) is 10.1. The fourth-order valence-electron chi connectivity index (χ4n) is 3.14. The van der Waals surface area contributed by atoms with Gasteiger partial charge >= 0.3 is 0 Å². The molecule has 2 aromatic heterocycles. The van der Waals surface area contributed by atoms with Crippen LogP contribution in [0, 0.1) is 0 Å². The Bertz CT molecular complexity index is 1060. The van der Waals surface area contributed by atoms with Crippen LogP contribution in [0.15, 0.2) is 73.3 Å². The number of benzene rings is 1. The largest absolute Gasteiger partial charge is 0.352 e. The summed E-state index contributed by atoms with van der Waals surface area (Å²) in [7, 11) is 0. The third-order valence-electron chi connectivity index (χ3n) is 5.16. The van der Waals surface area contributed by atoms with Crippen molar-refractivity contribution >= 4 is 23.6 Å². The van der Waals surface area contributed by atoms with Crippen LogP contribution in [0.3, 0.4) is 0 Å².